The van der Waals surface area contributed by atoms with Gasteiger partial charge in [-0.15, -0.1) is 0 Å². The molecule has 0 atom stereocenters. The molecule has 0 amide bonds. The average molecular weight is 381 g/mol. The van der Waals surface area contributed by atoms with Crippen molar-refractivity contribution in [1.82, 2.24) is 4.57 Å². The number of nitrogens with zero attached hydrogens (tertiary/aromatic N) is 1. The number of halogens is 2. The van der Waals surface area contributed by atoms with Gasteiger partial charge >= 0.3 is 0 Å². The van der Waals surface area contributed by atoms with Gasteiger partial charge in [0.15, 0.2) is 17.4 Å². The maximum absolute atomic E-state index is 13.4. The van der Waals surface area contributed by atoms with Crippen LogP contribution in [-0.4, -0.2) is 10.4 Å². The molecule has 2 nitrogen and oxygen atoms in total. The summed E-state index contributed by atoms with van der Waals surface area (Å²) in [6.07, 6.45) is 0.648. The molecule has 0 fully saturated rings. The highest BCUT2D eigenvalue weighted by molar-refractivity contribution is 5.97. The van der Waals surface area contributed by atoms with Crippen molar-refractivity contribution in [3.8, 4) is 0 Å². The van der Waals surface area contributed by atoms with E-state index in [-0.39, 0.29) is 18.1 Å². The van der Waals surface area contributed by atoms with Gasteiger partial charge in [-0.3, -0.25) is 4.79 Å². The molecule has 3 rings (SSSR count). The first kappa shape index (κ1) is 20.0. The minimum Gasteiger partial charge on any atom is -0.344 e. The van der Waals surface area contributed by atoms with Crippen LogP contribution in [0.25, 0.3) is 0 Å². The van der Waals surface area contributed by atoms with E-state index in [0.29, 0.717) is 17.5 Å². The molecule has 2 aromatic carbocycles. The third-order valence-corrected chi connectivity index (χ3v) is 5.10. The Kier molecular flexibility index (Phi) is 6.08. The Morgan fingerprint density at radius 3 is 2.32 bits per heavy atom. The zero-order valence-electron chi connectivity index (χ0n) is 16.5. The minimum absolute atomic E-state index is 0.0240. The zero-order valence-corrected chi connectivity index (χ0v) is 16.5. The Balaban J connectivity index is 1.81. The Morgan fingerprint density at radius 2 is 1.68 bits per heavy atom. The summed E-state index contributed by atoms with van der Waals surface area (Å²) in [4.78, 5) is 12.9. The Morgan fingerprint density at radius 1 is 0.964 bits per heavy atom. The molecule has 3 aromatic rings. The van der Waals surface area contributed by atoms with Crippen LogP contribution < -0.4 is 0 Å². The summed E-state index contributed by atoms with van der Waals surface area (Å²) < 4.78 is 28.7. The van der Waals surface area contributed by atoms with Gasteiger partial charge < -0.3 is 4.57 Å². The maximum atomic E-state index is 13.4. The van der Waals surface area contributed by atoms with E-state index in [0.717, 1.165) is 30.1 Å². The number of ketones is 1. The third kappa shape index (κ3) is 4.38. The van der Waals surface area contributed by atoms with Crippen LogP contribution in [0.5, 0.6) is 0 Å². The first-order valence-electron chi connectivity index (χ1n) is 9.58. The van der Waals surface area contributed by atoms with E-state index < -0.39 is 11.6 Å². The van der Waals surface area contributed by atoms with Gasteiger partial charge in [-0.05, 0) is 48.6 Å². The standard InChI is InChI=1S/C24H25F2NO/c1-16(2)23-14-20(17(3)27(23)15-19-7-5-4-6-8-19)24(28)12-10-18-9-11-21(25)22(26)13-18/h4-9,11,13-14,16H,10,12,15H2,1-3H3. The zero-order chi connectivity index (χ0) is 20.3. The van der Waals surface area contributed by atoms with Gasteiger partial charge in [0.05, 0.1) is 0 Å². The molecule has 28 heavy (non-hydrogen) atoms. The van der Waals surface area contributed by atoms with Crippen LogP contribution in [0.4, 0.5) is 8.78 Å². The van der Waals surface area contributed by atoms with Crippen LogP contribution in [0, 0.1) is 18.6 Å². The molecule has 146 valence electrons. The summed E-state index contributed by atoms with van der Waals surface area (Å²) in [5.74, 6) is -1.44. The van der Waals surface area contributed by atoms with Gasteiger partial charge in [-0.1, -0.05) is 50.2 Å². The van der Waals surface area contributed by atoms with E-state index >= 15 is 0 Å². The second-order valence-electron chi connectivity index (χ2n) is 7.47. The lowest BCUT2D eigenvalue weighted by Crippen LogP contribution is -2.09. The van der Waals surface area contributed by atoms with Crippen LogP contribution in [0.3, 0.4) is 0 Å². The van der Waals surface area contributed by atoms with Crippen LogP contribution >= 0.6 is 0 Å². The van der Waals surface area contributed by atoms with E-state index in [1.54, 1.807) is 0 Å². The third-order valence-electron chi connectivity index (χ3n) is 5.10. The second kappa shape index (κ2) is 8.51. The number of carbonyl (C=O) groups excluding carboxylic acids is 1. The van der Waals surface area contributed by atoms with E-state index in [2.05, 4.69) is 30.5 Å². The van der Waals surface area contributed by atoms with Crippen molar-refractivity contribution < 1.29 is 13.6 Å². The fourth-order valence-electron chi connectivity index (χ4n) is 3.49. The summed E-state index contributed by atoms with van der Waals surface area (Å²) in [6.45, 7) is 6.92. The normalized spacial score (nSPS) is 11.2. The predicted octanol–water partition coefficient (Wildman–Crippen LogP) is 6.06. The highest BCUT2D eigenvalue weighted by Crippen LogP contribution is 2.25. The number of Topliss-reactive ketones (excluding diaryl/α,β-unsaturated/α-hetero) is 1. The summed E-state index contributed by atoms with van der Waals surface area (Å²) in [5.41, 5.74) is 4.59. The molecule has 0 saturated heterocycles. The molecule has 1 aromatic heterocycles. The summed E-state index contributed by atoms with van der Waals surface area (Å²) in [6, 6.07) is 15.9. The molecule has 0 unspecified atom stereocenters. The van der Waals surface area contributed by atoms with Crippen molar-refractivity contribution in [3.63, 3.8) is 0 Å². The summed E-state index contributed by atoms with van der Waals surface area (Å²) >= 11 is 0. The molecule has 0 N–H and O–H groups in total. The van der Waals surface area contributed by atoms with Gasteiger partial charge in [-0.25, -0.2) is 8.78 Å². The Bertz CT molecular complexity index is 974. The first-order chi connectivity index (χ1) is 13.4. The average Bonchev–Trinajstić information content (AvgIpc) is 3.00. The van der Waals surface area contributed by atoms with Gasteiger partial charge in [0.1, 0.15) is 0 Å². The number of aromatic nitrogens is 1. The number of carbonyl (C=O) groups is 1. The molecule has 0 radical (unpaired) electrons. The monoisotopic (exact) mass is 381 g/mol. The highest BCUT2D eigenvalue weighted by atomic mass is 19.2. The van der Waals surface area contributed by atoms with Gasteiger partial charge in [0.25, 0.3) is 0 Å². The molecule has 1 heterocycles. The fourth-order valence-corrected chi connectivity index (χ4v) is 3.49. The molecule has 4 heteroatoms. The van der Waals surface area contributed by atoms with E-state index in [9.17, 15) is 13.6 Å². The van der Waals surface area contributed by atoms with Crippen molar-refractivity contribution in [2.45, 2.75) is 46.1 Å². The molecule has 0 bridgehead atoms. The van der Waals surface area contributed by atoms with Crippen molar-refractivity contribution >= 4 is 5.78 Å². The van der Waals surface area contributed by atoms with E-state index in [1.165, 1.54) is 11.6 Å². The number of hydrogen-bond acceptors (Lipinski definition) is 1. The summed E-state index contributed by atoms with van der Waals surface area (Å²) in [5, 5.41) is 0. The largest absolute Gasteiger partial charge is 0.344 e. The molecular formula is C24H25F2NO. The SMILES string of the molecule is Cc1c(C(=O)CCc2ccc(F)c(F)c2)cc(C(C)C)n1Cc1ccccc1. The molecule has 0 aliphatic carbocycles. The van der Waals surface area contributed by atoms with Crippen LogP contribution in [0.1, 0.15) is 59.1 Å². The minimum atomic E-state index is -0.878. The smallest absolute Gasteiger partial charge is 0.165 e. The van der Waals surface area contributed by atoms with Crippen molar-refractivity contribution in [2.75, 3.05) is 0 Å². The lowest BCUT2D eigenvalue weighted by molar-refractivity contribution is 0.0982. The lowest BCUT2D eigenvalue weighted by atomic mass is 10.0. The van der Waals surface area contributed by atoms with Crippen molar-refractivity contribution in [3.05, 3.63) is 94.3 Å². The first-order valence-corrected chi connectivity index (χ1v) is 9.58. The molecular weight excluding hydrogens is 356 g/mol. The highest BCUT2D eigenvalue weighted by Gasteiger charge is 2.19. The number of benzene rings is 2. The van der Waals surface area contributed by atoms with Crippen LogP contribution in [0.2, 0.25) is 0 Å². The van der Waals surface area contributed by atoms with Gasteiger partial charge in [-0.2, -0.15) is 0 Å². The molecule has 0 spiro atoms. The van der Waals surface area contributed by atoms with E-state index in [4.69, 9.17) is 0 Å². The maximum Gasteiger partial charge on any atom is 0.165 e. The topological polar surface area (TPSA) is 22.0 Å². The van der Waals surface area contributed by atoms with Crippen molar-refractivity contribution in [2.24, 2.45) is 0 Å². The lowest BCUT2D eigenvalue weighted by Gasteiger charge is -2.14. The van der Waals surface area contributed by atoms with E-state index in [1.807, 2.05) is 31.2 Å². The van der Waals surface area contributed by atoms with Gasteiger partial charge in [0, 0.05) is 29.9 Å². The summed E-state index contributed by atoms with van der Waals surface area (Å²) in [7, 11) is 0. The van der Waals surface area contributed by atoms with Gasteiger partial charge in [0.2, 0.25) is 0 Å². The van der Waals surface area contributed by atoms with Crippen LogP contribution in [0.15, 0.2) is 54.6 Å². The number of aryl methyl sites for hydroxylation is 1. The molecule has 0 aliphatic heterocycles. The fraction of sp³-hybridized carbons (Fsp3) is 0.292. The predicted molar refractivity (Wildman–Crippen MR) is 108 cm³/mol. The second-order valence-corrected chi connectivity index (χ2v) is 7.47. The molecule has 0 aliphatic rings. The molecule has 0 saturated carbocycles. The van der Waals surface area contributed by atoms with Crippen LogP contribution in [-0.2, 0) is 13.0 Å². The quantitative estimate of drug-likeness (QED) is 0.456. The van der Waals surface area contributed by atoms with Crippen molar-refractivity contribution in [1.29, 1.82) is 0 Å². The number of hydrogen-bond donors (Lipinski definition) is 0. The Hall–Kier alpha value is -2.75. The Labute approximate surface area is 164 Å². The number of rotatable bonds is 7.